The number of benzene rings is 4. The van der Waals surface area contributed by atoms with Crippen molar-refractivity contribution in [2.75, 3.05) is 6.61 Å². The van der Waals surface area contributed by atoms with Crippen molar-refractivity contribution in [1.29, 1.82) is 0 Å². The van der Waals surface area contributed by atoms with Gasteiger partial charge in [-0.25, -0.2) is 0 Å². The minimum Gasteiger partial charge on any atom is -0.394 e. The standard InChI is InChI=1S/C22H23NO2/c1-14(25)22(2,13-24)23-12-18-9-8-17-7-6-15-4-3-5-16-10-11-19(18)21(17)20(15)16/h3-11,14,23-25H,12-13H2,1-2H3/t14-,22+/m0/s1. The zero-order valence-corrected chi connectivity index (χ0v) is 14.6. The summed E-state index contributed by atoms with van der Waals surface area (Å²) < 4.78 is 0. The van der Waals surface area contributed by atoms with Crippen LogP contribution in [0.4, 0.5) is 0 Å². The summed E-state index contributed by atoms with van der Waals surface area (Å²) in [6.45, 7) is 4.02. The molecule has 25 heavy (non-hydrogen) atoms. The van der Waals surface area contributed by atoms with Crippen molar-refractivity contribution in [3.63, 3.8) is 0 Å². The molecule has 0 aromatic heterocycles. The average molecular weight is 333 g/mol. The van der Waals surface area contributed by atoms with Gasteiger partial charge in [0.25, 0.3) is 0 Å². The van der Waals surface area contributed by atoms with E-state index >= 15 is 0 Å². The van der Waals surface area contributed by atoms with E-state index in [1.54, 1.807) is 6.92 Å². The van der Waals surface area contributed by atoms with Crippen LogP contribution in [0.1, 0.15) is 19.4 Å². The Kier molecular flexibility index (Phi) is 3.88. The van der Waals surface area contributed by atoms with Crippen LogP contribution in [0.2, 0.25) is 0 Å². The minimum atomic E-state index is -0.718. The van der Waals surface area contributed by atoms with Gasteiger partial charge in [0.05, 0.1) is 18.2 Å². The molecule has 3 nitrogen and oxygen atoms in total. The summed E-state index contributed by atoms with van der Waals surface area (Å²) in [5.74, 6) is 0. The molecule has 4 aromatic carbocycles. The first-order chi connectivity index (χ1) is 12.0. The molecule has 128 valence electrons. The average Bonchev–Trinajstić information content (AvgIpc) is 2.64. The molecule has 4 aromatic rings. The predicted octanol–water partition coefficient (Wildman–Crippen LogP) is 3.81. The topological polar surface area (TPSA) is 52.5 Å². The molecule has 0 heterocycles. The van der Waals surface area contributed by atoms with Gasteiger partial charge >= 0.3 is 0 Å². The SMILES string of the molecule is C[C@H](O)[C@@](C)(CO)NCc1ccc2ccc3cccc4ccc1c2c34. The smallest absolute Gasteiger partial charge is 0.0713 e. The zero-order chi connectivity index (χ0) is 17.6. The number of aliphatic hydroxyl groups excluding tert-OH is 2. The normalized spacial score (nSPS) is 15.8. The maximum Gasteiger partial charge on any atom is 0.0713 e. The Bertz CT molecular complexity index is 1020. The van der Waals surface area contributed by atoms with Crippen molar-refractivity contribution >= 4 is 32.3 Å². The van der Waals surface area contributed by atoms with Crippen molar-refractivity contribution in [1.82, 2.24) is 5.32 Å². The van der Waals surface area contributed by atoms with Crippen LogP contribution < -0.4 is 5.32 Å². The molecule has 0 bridgehead atoms. The second-order valence-corrected chi connectivity index (χ2v) is 7.19. The van der Waals surface area contributed by atoms with Crippen LogP contribution in [0.15, 0.2) is 54.6 Å². The lowest BCUT2D eigenvalue weighted by Gasteiger charge is -2.32. The molecule has 0 aliphatic rings. The second-order valence-electron chi connectivity index (χ2n) is 7.19. The minimum absolute atomic E-state index is 0.115. The highest BCUT2D eigenvalue weighted by atomic mass is 16.3. The van der Waals surface area contributed by atoms with Crippen LogP contribution >= 0.6 is 0 Å². The highest BCUT2D eigenvalue weighted by Gasteiger charge is 2.28. The first kappa shape index (κ1) is 16.3. The fourth-order valence-corrected chi connectivity index (χ4v) is 3.58. The molecule has 0 unspecified atom stereocenters. The van der Waals surface area contributed by atoms with Gasteiger partial charge in [0.2, 0.25) is 0 Å². The predicted molar refractivity (Wildman–Crippen MR) is 104 cm³/mol. The molecule has 3 heteroatoms. The van der Waals surface area contributed by atoms with Crippen LogP contribution in [0.25, 0.3) is 32.3 Å². The van der Waals surface area contributed by atoms with E-state index in [4.69, 9.17) is 0 Å². The quantitative estimate of drug-likeness (QED) is 0.487. The first-order valence-electron chi connectivity index (χ1n) is 8.73. The largest absolute Gasteiger partial charge is 0.394 e. The van der Waals surface area contributed by atoms with Crippen LogP contribution in [-0.4, -0.2) is 28.5 Å². The molecule has 0 radical (unpaired) electrons. The van der Waals surface area contributed by atoms with Crippen molar-refractivity contribution in [3.8, 4) is 0 Å². The van der Waals surface area contributed by atoms with Gasteiger partial charge in [-0.15, -0.1) is 0 Å². The fourth-order valence-electron chi connectivity index (χ4n) is 3.58. The second kappa shape index (κ2) is 5.95. The van der Waals surface area contributed by atoms with Crippen LogP contribution in [0, 0.1) is 0 Å². The van der Waals surface area contributed by atoms with E-state index in [1.807, 2.05) is 6.92 Å². The molecule has 4 rings (SSSR count). The molecule has 0 saturated carbocycles. The molecule has 3 N–H and O–H groups in total. The molecule has 0 aliphatic heterocycles. The monoisotopic (exact) mass is 333 g/mol. The van der Waals surface area contributed by atoms with E-state index in [9.17, 15) is 10.2 Å². The van der Waals surface area contributed by atoms with Gasteiger partial charge in [0.15, 0.2) is 0 Å². The highest BCUT2D eigenvalue weighted by molar-refractivity contribution is 6.23. The Hall–Kier alpha value is -2.20. The zero-order valence-electron chi connectivity index (χ0n) is 14.6. The van der Waals surface area contributed by atoms with E-state index in [0.717, 1.165) is 0 Å². The number of rotatable bonds is 5. The summed E-state index contributed by atoms with van der Waals surface area (Å²) in [4.78, 5) is 0. The van der Waals surface area contributed by atoms with Crippen molar-refractivity contribution in [3.05, 3.63) is 60.2 Å². The number of aliphatic hydroxyl groups is 2. The Labute approximate surface area is 147 Å². The lowest BCUT2D eigenvalue weighted by atomic mass is 9.91. The molecule has 0 spiro atoms. The van der Waals surface area contributed by atoms with E-state index < -0.39 is 11.6 Å². The van der Waals surface area contributed by atoms with Crippen molar-refractivity contribution in [2.24, 2.45) is 0 Å². The van der Waals surface area contributed by atoms with Gasteiger partial charge in [0.1, 0.15) is 0 Å². The van der Waals surface area contributed by atoms with Gasteiger partial charge < -0.3 is 15.5 Å². The number of nitrogens with one attached hydrogen (secondary N) is 1. The van der Waals surface area contributed by atoms with Gasteiger partial charge in [-0.2, -0.15) is 0 Å². The van der Waals surface area contributed by atoms with Gasteiger partial charge in [-0.3, -0.25) is 0 Å². The Morgan fingerprint density at radius 1 is 0.920 bits per heavy atom. The van der Waals surface area contributed by atoms with Crippen LogP contribution in [0.3, 0.4) is 0 Å². The van der Waals surface area contributed by atoms with Crippen molar-refractivity contribution in [2.45, 2.75) is 32.0 Å². The lowest BCUT2D eigenvalue weighted by molar-refractivity contribution is 0.0404. The summed E-state index contributed by atoms with van der Waals surface area (Å²) >= 11 is 0. The van der Waals surface area contributed by atoms with Crippen molar-refractivity contribution < 1.29 is 10.2 Å². The molecule has 2 atom stereocenters. The van der Waals surface area contributed by atoms with E-state index in [1.165, 1.54) is 37.9 Å². The third kappa shape index (κ3) is 2.56. The van der Waals surface area contributed by atoms with Crippen LogP contribution in [0.5, 0.6) is 0 Å². The highest BCUT2D eigenvalue weighted by Crippen LogP contribution is 2.35. The lowest BCUT2D eigenvalue weighted by Crippen LogP contribution is -2.53. The van der Waals surface area contributed by atoms with Gasteiger partial charge in [-0.1, -0.05) is 54.6 Å². The fraction of sp³-hybridized carbons (Fsp3) is 0.273. The molecule has 0 aliphatic carbocycles. The summed E-state index contributed by atoms with van der Waals surface area (Å²) in [5, 5.41) is 30.5. The maximum atomic E-state index is 9.96. The third-order valence-corrected chi connectivity index (χ3v) is 5.55. The molecule has 0 saturated heterocycles. The summed E-state index contributed by atoms with van der Waals surface area (Å²) in [7, 11) is 0. The number of hydrogen-bond donors (Lipinski definition) is 3. The van der Waals surface area contributed by atoms with E-state index in [2.05, 4.69) is 59.9 Å². The third-order valence-electron chi connectivity index (χ3n) is 5.55. The summed E-state index contributed by atoms with van der Waals surface area (Å²) in [6, 6.07) is 19.4. The summed E-state index contributed by atoms with van der Waals surface area (Å²) in [5.41, 5.74) is 0.454. The Morgan fingerprint density at radius 3 is 2.16 bits per heavy atom. The molecule has 0 amide bonds. The first-order valence-corrected chi connectivity index (χ1v) is 8.73. The molecular weight excluding hydrogens is 310 g/mol. The maximum absolute atomic E-state index is 9.96. The van der Waals surface area contributed by atoms with Gasteiger partial charge in [-0.05, 0) is 51.7 Å². The van der Waals surface area contributed by atoms with Gasteiger partial charge in [0, 0.05) is 6.54 Å². The molecular formula is C22H23NO2. The van der Waals surface area contributed by atoms with Crippen LogP contribution in [-0.2, 0) is 6.54 Å². The molecule has 0 fully saturated rings. The number of hydrogen-bond acceptors (Lipinski definition) is 3. The Morgan fingerprint density at radius 2 is 1.52 bits per heavy atom. The summed E-state index contributed by atoms with van der Waals surface area (Å²) in [6.07, 6.45) is -0.641. The van der Waals surface area contributed by atoms with E-state index in [0.29, 0.717) is 6.54 Å². The Balaban J connectivity index is 1.85. The van der Waals surface area contributed by atoms with E-state index in [-0.39, 0.29) is 6.61 Å².